The fourth-order valence-electron chi connectivity index (χ4n) is 2.08. The molecule has 5 nitrogen and oxygen atoms in total. The molecule has 12 heteroatoms. The van der Waals surface area contributed by atoms with Crippen LogP contribution in [-0.4, -0.2) is 16.0 Å². The van der Waals surface area contributed by atoms with Crippen LogP contribution in [0.5, 0.6) is 0 Å². The Morgan fingerprint density at radius 2 is 1.73 bits per heavy atom. The van der Waals surface area contributed by atoms with E-state index in [1.54, 1.807) is 0 Å². The SMILES string of the molecule is Cc1cc(C(F)(F)F)nc(N(C(N)=O)c2c(Cl)cccc2C(F)(F)F)n1. The molecule has 0 unspecified atom stereocenters. The molecule has 0 aliphatic heterocycles. The van der Waals surface area contributed by atoms with Crippen LogP contribution in [0.25, 0.3) is 0 Å². The van der Waals surface area contributed by atoms with Gasteiger partial charge in [0, 0.05) is 5.69 Å². The van der Waals surface area contributed by atoms with Gasteiger partial charge in [0.2, 0.25) is 5.95 Å². The van der Waals surface area contributed by atoms with Crippen molar-refractivity contribution >= 4 is 29.3 Å². The third-order valence-corrected chi connectivity index (χ3v) is 3.37. The van der Waals surface area contributed by atoms with Gasteiger partial charge in [-0.05, 0) is 25.1 Å². The number of carbonyl (C=O) groups is 1. The lowest BCUT2D eigenvalue weighted by Gasteiger charge is -2.24. The van der Waals surface area contributed by atoms with Gasteiger partial charge in [-0.1, -0.05) is 17.7 Å². The molecule has 2 amide bonds. The number of hydrogen-bond donors (Lipinski definition) is 1. The number of primary amides is 1. The van der Waals surface area contributed by atoms with Gasteiger partial charge in [0.25, 0.3) is 0 Å². The zero-order valence-electron chi connectivity index (χ0n) is 12.8. The molecule has 2 N–H and O–H groups in total. The molecule has 140 valence electrons. The first-order chi connectivity index (χ1) is 11.8. The average Bonchev–Trinajstić information content (AvgIpc) is 2.46. The molecular weight excluding hydrogens is 390 g/mol. The lowest BCUT2D eigenvalue weighted by molar-refractivity contribution is -0.141. The second kappa shape index (κ2) is 6.63. The minimum absolute atomic E-state index is 0.0907. The van der Waals surface area contributed by atoms with E-state index in [0.717, 1.165) is 19.1 Å². The number of hydrogen-bond acceptors (Lipinski definition) is 3. The van der Waals surface area contributed by atoms with E-state index < -0.39 is 46.3 Å². The molecule has 0 aliphatic carbocycles. The van der Waals surface area contributed by atoms with Gasteiger partial charge >= 0.3 is 18.4 Å². The third kappa shape index (κ3) is 3.98. The lowest BCUT2D eigenvalue weighted by Crippen LogP contribution is -2.35. The van der Waals surface area contributed by atoms with Crippen LogP contribution in [0.1, 0.15) is 17.0 Å². The normalized spacial score (nSPS) is 12.2. The molecule has 1 heterocycles. The first kappa shape index (κ1) is 19.8. The zero-order valence-corrected chi connectivity index (χ0v) is 13.5. The Hall–Kier alpha value is -2.56. The summed E-state index contributed by atoms with van der Waals surface area (Å²) < 4.78 is 78.6. The monoisotopic (exact) mass is 398 g/mol. The highest BCUT2D eigenvalue weighted by Crippen LogP contribution is 2.42. The van der Waals surface area contributed by atoms with Gasteiger partial charge in [-0.3, -0.25) is 0 Å². The molecule has 2 rings (SSSR count). The summed E-state index contributed by atoms with van der Waals surface area (Å²) in [5, 5.41) is -0.572. The van der Waals surface area contributed by atoms with E-state index in [9.17, 15) is 31.1 Å². The highest BCUT2D eigenvalue weighted by Gasteiger charge is 2.39. The van der Waals surface area contributed by atoms with E-state index in [0.29, 0.717) is 12.1 Å². The van der Waals surface area contributed by atoms with Gasteiger partial charge in [0.1, 0.15) is 5.69 Å². The van der Waals surface area contributed by atoms with Gasteiger partial charge in [-0.2, -0.15) is 26.3 Å². The maximum absolute atomic E-state index is 13.3. The Morgan fingerprint density at radius 3 is 2.23 bits per heavy atom. The van der Waals surface area contributed by atoms with Crippen molar-refractivity contribution < 1.29 is 31.1 Å². The lowest BCUT2D eigenvalue weighted by atomic mass is 10.1. The molecule has 2 aromatic rings. The van der Waals surface area contributed by atoms with Crippen LogP contribution in [0.2, 0.25) is 5.02 Å². The number of aryl methyl sites for hydroxylation is 1. The van der Waals surface area contributed by atoms with Crippen LogP contribution in [0.3, 0.4) is 0 Å². The van der Waals surface area contributed by atoms with Crippen molar-refractivity contribution in [3.8, 4) is 0 Å². The first-order valence-electron chi connectivity index (χ1n) is 6.70. The van der Waals surface area contributed by atoms with Crippen LogP contribution < -0.4 is 10.6 Å². The number of alkyl halides is 6. The average molecular weight is 399 g/mol. The van der Waals surface area contributed by atoms with Crippen LogP contribution in [0.4, 0.5) is 42.8 Å². The van der Waals surface area contributed by atoms with Crippen molar-refractivity contribution in [2.24, 2.45) is 5.73 Å². The van der Waals surface area contributed by atoms with Gasteiger partial charge in [0.05, 0.1) is 16.3 Å². The van der Waals surface area contributed by atoms with E-state index in [2.05, 4.69) is 9.97 Å². The molecule has 0 aliphatic rings. The number of nitrogens with two attached hydrogens (primary N) is 1. The zero-order chi connectivity index (χ0) is 19.9. The van der Waals surface area contributed by atoms with Crippen molar-refractivity contribution in [3.63, 3.8) is 0 Å². The maximum Gasteiger partial charge on any atom is 0.433 e. The van der Waals surface area contributed by atoms with Gasteiger partial charge in [0.15, 0.2) is 0 Å². The number of aromatic nitrogens is 2. The quantitative estimate of drug-likeness (QED) is 0.746. The number of carbonyl (C=O) groups excluding carboxylic acids is 1. The summed E-state index contributed by atoms with van der Waals surface area (Å²) in [4.78, 5) is 18.6. The van der Waals surface area contributed by atoms with Crippen molar-refractivity contribution in [1.82, 2.24) is 9.97 Å². The summed E-state index contributed by atoms with van der Waals surface area (Å²) in [5.41, 5.74) is 1.05. The molecule has 0 bridgehead atoms. The van der Waals surface area contributed by atoms with Gasteiger partial charge in [-0.15, -0.1) is 0 Å². The summed E-state index contributed by atoms with van der Waals surface area (Å²) in [7, 11) is 0. The van der Waals surface area contributed by atoms with E-state index >= 15 is 0 Å². The van der Waals surface area contributed by atoms with Crippen molar-refractivity contribution in [3.05, 3.63) is 46.2 Å². The predicted octanol–water partition coefficient (Wildman–Crippen LogP) is 4.69. The fraction of sp³-hybridized carbons (Fsp3) is 0.214. The molecule has 0 radical (unpaired) electrons. The molecule has 1 aromatic carbocycles. The summed E-state index contributed by atoms with van der Waals surface area (Å²) in [6.45, 7) is 1.15. The minimum Gasteiger partial charge on any atom is -0.351 e. The Kier molecular flexibility index (Phi) is 5.04. The molecule has 1 aromatic heterocycles. The number of amides is 2. The van der Waals surface area contributed by atoms with E-state index in [1.807, 2.05) is 0 Å². The minimum atomic E-state index is -4.97. The molecule has 0 spiro atoms. The molecule has 0 saturated carbocycles. The van der Waals surface area contributed by atoms with Gasteiger partial charge < -0.3 is 5.73 Å². The summed E-state index contributed by atoms with van der Waals surface area (Å²) >= 11 is 5.77. The van der Waals surface area contributed by atoms with Crippen molar-refractivity contribution in [2.75, 3.05) is 4.90 Å². The highest BCUT2D eigenvalue weighted by molar-refractivity contribution is 6.34. The largest absolute Gasteiger partial charge is 0.433 e. The molecule has 26 heavy (non-hydrogen) atoms. The first-order valence-corrected chi connectivity index (χ1v) is 7.08. The molecule has 0 atom stereocenters. The molecule has 0 fully saturated rings. The second-order valence-corrected chi connectivity index (χ2v) is 5.41. The molecule has 0 saturated heterocycles. The van der Waals surface area contributed by atoms with Crippen LogP contribution in [0, 0.1) is 6.92 Å². The van der Waals surface area contributed by atoms with E-state index in [-0.39, 0.29) is 10.6 Å². The highest BCUT2D eigenvalue weighted by atomic mass is 35.5. The van der Waals surface area contributed by atoms with Gasteiger partial charge in [-0.25, -0.2) is 19.7 Å². The second-order valence-electron chi connectivity index (χ2n) is 5.00. The number of urea groups is 1. The summed E-state index contributed by atoms with van der Waals surface area (Å²) in [6, 6.07) is 1.61. The van der Waals surface area contributed by atoms with Crippen LogP contribution in [0.15, 0.2) is 24.3 Å². The van der Waals surface area contributed by atoms with E-state index in [4.69, 9.17) is 17.3 Å². The predicted molar refractivity (Wildman–Crippen MR) is 79.9 cm³/mol. The van der Waals surface area contributed by atoms with Crippen LogP contribution >= 0.6 is 11.6 Å². The number of anilines is 2. The van der Waals surface area contributed by atoms with Crippen molar-refractivity contribution in [2.45, 2.75) is 19.3 Å². The Labute approximate surface area is 147 Å². The summed E-state index contributed by atoms with van der Waals surface area (Å²) in [5.74, 6) is -0.983. The Morgan fingerprint density at radius 1 is 1.12 bits per heavy atom. The number of para-hydroxylation sites is 1. The summed E-state index contributed by atoms with van der Waals surface area (Å²) in [6.07, 6.45) is -9.89. The number of rotatable bonds is 2. The third-order valence-electron chi connectivity index (χ3n) is 3.07. The Balaban J connectivity index is 2.78. The van der Waals surface area contributed by atoms with E-state index in [1.165, 1.54) is 0 Å². The standard InChI is InChI=1S/C14H9ClF6N4O/c1-6-5-9(14(19,20)21)24-12(23-6)25(11(22)26)10-7(13(16,17)18)3-2-4-8(10)15/h2-5H,1H3,(H2,22,26). The van der Waals surface area contributed by atoms with Crippen molar-refractivity contribution in [1.29, 1.82) is 0 Å². The number of halogens is 7. The number of benzene rings is 1. The maximum atomic E-state index is 13.3. The molecular formula is C14H9ClF6N4O. The topological polar surface area (TPSA) is 72.1 Å². The number of nitrogens with zero attached hydrogens (tertiary/aromatic N) is 3. The fourth-order valence-corrected chi connectivity index (χ4v) is 2.34. The Bertz CT molecular complexity index is 852. The smallest absolute Gasteiger partial charge is 0.351 e. The van der Waals surface area contributed by atoms with Crippen LogP contribution in [-0.2, 0) is 12.4 Å².